The number of sulfone groups is 1. The smallest absolute Gasteiger partial charge is 0.328 e. The number of hydrogen-bond acceptors (Lipinski definition) is 9. The van der Waals surface area contributed by atoms with Crippen LogP contribution >= 0.6 is 0 Å². The lowest BCUT2D eigenvalue weighted by molar-refractivity contribution is -0.156. The van der Waals surface area contributed by atoms with Crippen LogP contribution in [0.4, 0.5) is 0 Å². The normalized spacial score (nSPS) is 24.6. The Kier molecular flexibility index (Phi) is 7.33. The van der Waals surface area contributed by atoms with E-state index in [0.717, 1.165) is 24.1 Å². The van der Waals surface area contributed by atoms with Gasteiger partial charge in [0.1, 0.15) is 10.1 Å². The van der Waals surface area contributed by atoms with E-state index in [-0.39, 0.29) is 24.2 Å². The molecule has 2 aliphatic rings. The quantitative estimate of drug-likeness (QED) is 0.0919. The predicted molar refractivity (Wildman–Crippen MR) is 121 cm³/mol. The summed E-state index contributed by atoms with van der Waals surface area (Å²) in [5.74, 6) is -3.69. The summed E-state index contributed by atoms with van der Waals surface area (Å²) in [5, 5.41) is 33.3. The Labute approximate surface area is 200 Å². The molecule has 3 amide bonds. The van der Waals surface area contributed by atoms with Gasteiger partial charge >= 0.3 is 5.97 Å². The molecule has 0 radical (unpaired) electrons. The second-order valence-corrected chi connectivity index (χ2v) is 11.0. The highest BCUT2D eigenvalue weighted by atomic mass is 32.2. The van der Waals surface area contributed by atoms with Crippen molar-refractivity contribution >= 4 is 39.7 Å². The molecule has 3 atom stereocenters. The van der Waals surface area contributed by atoms with Crippen LogP contribution in [0.5, 0.6) is 11.5 Å². The number of phenolic OH excluding ortho intramolecular Hbond substituents is 2. The van der Waals surface area contributed by atoms with Crippen LogP contribution in [0.2, 0.25) is 0 Å². The highest BCUT2D eigenvalue weighted by Crippen LogP contribution is 2.45. The van der Waals surface area contributed by atoms with Gasteiger partial charge in [-0.2, -0.15) is 5.10 Å². The number of nitrogens with one attached hydrogen (secondary N) is 2. The van der Waals surface area contributed by atoms with Crippen LogP contribution < -0.4 is 10.7 Å². The summed E-state index contributed by atoms with van der Waals surface area (Å²) in [7, 11) is -4.05. The van der Waals surface area contributed by atoms with E-state index in [0.29, 0.717) is 25.8 Å². The Bertz CT molecular complexity index is 1180. The summed E-state index contributed by atoms with van der Waals surface area (Å²) in [6, 6.07) is 2.09. The SMILES string of the molecule is C[C@]1(/C=N/NC(=O)CCCCCNC(=O)c2ccc(O)c(O)c2)[C@H](C(=O)O)N2C(=O)C[C@H]2S1(=O)=O. The van der Waals surface area contributed by atoms with Gasteiger partial charge in [0, 0.05) is 24.7 Å². The molecular weight excluding hydrogens is 484 g/mol. The molecule has 2 heterocycles. The summed E-state index contributed by atoms with van der Waals surface area (Å²) in [4.78, 5) is 48.2. The van der Waals surface area contributed by atoms with Crippen LogP contribution in [0.3, 0.4) is 0 Å². The maximum atomic E-state index is 12.7. The van der Waals surface area contributed by atoms with Crippen LogP contribution in [-0.4, -0.2) is 81.3 Å². The van der Waals surface area contributed by atoms with Crippen molar-refractivity contribution in [3.05, 3.63) is 23.8 Å². The van der Waals surface area contributed by atoms with Gasteiger partial charge in [0.2, 0.25) is 11.8 Å². The van der Waals surface area contributed by atoms with E-state index in [4.69, 9.17) is 0 Å². The van der Waals surface area contributed by atoms with Crippen molar-refractivity contribution in [3.63, 3.8) is 0 Å². The third-order valence-electron chi connectivity index (χ3n) is 6.09. The van der Waals surface area contributed by atoms with Crippen LogP contribution in [0, 0.1) is 0 Å². The summed E-state index contributed by atoms with van der Waals surface area (Å²) in [6.07, 6.45) is 2.25. The first-order valence-electron chi connectivity index (χ1n) is 10.8. The van der Waals surface area contributed by atoms with Crippen molar-refractivity contribution in [2.24, 2.45) is 5.10 Å². The van der Waals surface area contributed by atoms with Crippen molar-refractivity contribution in [1.29, 1.82) is 0 Å². The monoisotopic (exact) mass is 510 g/mol. The molecule has 2 saturated heterocycles. The van der Waals surface area contributed by atoms with E-state index < -0.39 is 55.4 Å². The molecule has 0 bridgehead atoms. The Balaban J connectivity index is 1.41. The molecule has 0 unspecified atom stereocenters. The molecule has 14 heteroatoms. The van der Waals surface area contributed by atoms with Gasteiger partial charge in [0.15, 0.2) is 27.4 Å². The number of carboxylic acid groups (broad SMARTS) is 1. The van der Waals surface area contributed by atoms with Gasteiger partial charge in [-0.1, -0.05) is 6.42 Å². The molecule has 1 aromatic rings. The number of carboxylic acids is 1. The fraction of sp³-hybridized carbons (Fsp3) is 0.476. The zero-order valence-corrected chi connectivity index (χ0v) is 19.6. The number of rotatable bonds is 10. The molecule has 2 fully saturated rings. The number of aromatic hydroxyl groups is 2. The zero-order valence-electron chi connectivity index (χ0n) is 18.8. The number of unbranched alkanes of at least 4 members (excludes halogenated alkanes) is 2. The molecule has 0 aromatic heterocycles. The average Bonchev–Trinajstić information content (AvgIpc) is 2.92. The number of benzene rings is 1. The minimum atomic E-state index is -4.05. The molecule has 0 aliphatic carbocycles. The van der Waals surface area contributed by atoms with Crippen molar-refractivity contribution < 1.29 is 42.9 Å². The summed E-state index contributed by atoms with van der Waals surface area (Å²) in [6.45, 7) is 1.49. The molecule has 2 aliphatic heterocycles. The molecule has 0 saturated carbocycles. The minimum Gasteiger partial charge on any atom is -0.504 e. The van der Waals surface area contributed by atoms with E-state index in [1.165, 1.54) is 12.1 Å². The Morgan fingerprint density at radius 1 is 1.20 bits per heavy atom. The fourth-order valence-electron chi connectivity index (χ4n) is 4.05. The second kappa shape index (κ2) is 9.90. The third-order valence-corrected chi connectivity index (χ3v) is 8.75. The molecule has 0 spiro atoms. The first-order chi connectivity index (χ1) is 16.4. The zero-order chi connectivity index (χ0) is 26.0. The van der Waals surface area contributed by atoms with Gasteiger partial charge in [-0.05, 0) is 38.0 Å². The van der Waals surface area contributed by atoms with Crippen molar-refractivity contribution in [2.75, 3.05) is 6.54 Å². The summed E-state index contributed by atoms with van der Waals surface area (Å²) >= 11 is 0. The van der Waals surface area contributed by atoms with Gasteiger partial charge in [0.25, 0.3) is 5.91 Å². The molecule has 190 valence electrons. The molecule has 1 aromatic carbocycles. The molecule has 13 nitrogen and oxygen atoms in total. The van der Waals surface area contributed by atoms with E-state index >= 15 is 0 Å². The highest BCUT2D eigenvalue weighted by Gasteiger charge is 2.69. The second-order valence-electron chi connectivity index (χ2n) is 8.49. The number of nitrogens with zero attached hydrogens (tertiary/aromatic N) is 2. The number of hydrazone groups is 1. The number of aliphatic carboxylic acids is 1. The summed E-state index contributed by atoms with van der Waals surface area (Å²) in [5.41, 5.74) is 2.38. The van der Waals surface area contributed by atoms with Gasteiger partial charge < -0.3 is 25.5 Å². The first-order valence-corrected chi connectivity index (χ1v) is 12.4. The molecule has 5 N–H and O–H groups in total. The summed E-state index contributed by atoms with van der Waals surface area (Å²) < 4.78 is 23.5. The maximum Gasteiger partial charge on any atom is 0.328 e. The lowest BCUT2D eigenvalue weighted by atomic mass is 9.97. The van der Waals surface area contributed by atoms with E-state index in [1.54, 1.807) is 0 Å². The van der Waals surface area contributed by atoms with E-state index in [2.05, 4.69) is 15.8 Å². The number of phenols is 2. The van der Waals surface area contributed by atoms with Gasteiger partial charge in [-0.3, -0.25) is 14.4 Å². The average molecular weight is 511 g/mol. The topological polar surface area (TPSA) is 203 Å². The Hall–Kier alpha value is -3.68. The lowest BCUT2D eigenvalue weighted by Crippen LogP contribution is -2.57. The molecular formula is C21H26N4O9S. The highest BCUT2D eigenvalue weighted by molar-refractivity contribution is 7.94. The first kappa shape index (κ1) is 25.9. The maximum absolute atomic E-state index is 12.7. The number of β-lactam (4-membered cyclic amide) rings is 1. The van der Waals surface area contributed by atoms with Crippen LogP contribution in [0.15, 0.2) is 23.3 Å². The number of hydrogen-bond donors (Lipinski definition) is 5. The lowest BCUT2D eigenvalue weighted by Gasteiger charge is -2.35. The van der Waals surface area contributed by atoms with Crippen LogP contribution in [0.1, 0.15) is 49.4 Å². The Morgan fingerprint density at radius 2 is 1.91 bits per heavy atom. The third kappa shape index (κ3) is 4.92. The Morgan fingerprint density at radius 3 is 2.54 bits per heavy atom. The van der Waals surface area contributed by atoms with E-state index in [9.17, 15) is 42.9 Å². The van der Waals surface area contributed by atoms with Crippen LogP contribution in [0.25, 0.3) is 0 Å². The molecule has 35 heavy (non-hydrogen) atoms. The number of amides is 3. The van der Waals surface area contributed by atoms with Crippen molar-refractivity contribution in [1.82, 2.24) is 15.6 Å². The fourth-order valence-corrected chi connectivity index (χ4v) is 6.26. The van der Waals surface area contributed by atoms with Gasteiger partial charge in [-0.25, -0.2) is 18.6 Å². The number of carbonyl (C=O) groups excluding carboxylic acids is 3. The minimum absolute atomic E-state index is 0.0657. The van der Waals surface area contributed by atoms with E-state index in [1.807, 2.05) is 0 Å². The van der Waals surface area contributed by atoms with Crippen molar-refractivity contribution in [2.45, 2.75) is 55.2 Å². The van der Waals surface area contributed by atoms with Gasteiger partial charge in [-0.15, -0.1) is 0 Å². The molecule has 3 rings (SSSR count). The number of fused-ring (bicyclic) bond motifs is 1. The standard InChI is InChI=1S/C21H26N4O9S/c1-21(18(20(31)32)25-16(29)10-17(25)35(21,33)34)11-23-24-15(28)5-3-2-4-8-22-19(30)12-6-7-13(26)14(27)9-12/h6-7,9,11,17-18,26-27H,2-5,8,10H2,1H3,(H,22,30)(H,24,28)(H,31,32)/b23-11+/t17-,18+,21+/m1/s1. The largest absolute Gasteiger partial charge is 0.504 e. The van der Waals surface area contributed by atoms with Crippen molar-refractivity contribution in [3.8, 4) is 11.5 Å². The van der Waals surface area contributed by atoms with Gasteiger partial charge in [0.05, 0.1) is 6.42 Å². The number of carbonyl (C=O) groups is 4. The predicted octanol–water partition coefficient (Wildman–Crippen LogP) is -0.311. The van der Waals surface area contributed by atoms with Crippen LogP contribution in [-0.2, 0) is 24.2 Å².